The number of anilines is 1. The number of nitrogens with zero attached hydrogens (tertiary/aromatic N) is 2. The van der Waals surface area contributed by atoms with Gasteiger partial charge in [-0.25, -0.2) is 0 Å². The lowest BCUT2D eigenvalue weighted by Crippen LogP contribution is -2.32. The van der Waals surface area contributed by atoms with E-state index in [-0.39, 0.29) is 18.0 Å². The maximum absolute atomic E-state index is 12.6. The summed E-state index contributed by atoms with van der Waals surface area (Å²) in [5.74, 6) is -0.0336. The number of thiocarbonyl (C=S) groups is 1. The number of nitrogens with one attached hydrogen (secondary N) is 3. The number of aromatic amines is 1. The number of H-pyrrole nitrogens is 1. The zero-order valence-electron chi connectivity index (χ0n) is 18.0. The van der Waals surface area contributed by atoms with Crippen molar-refractivity contribution in [2.75, 3.05) is 11.9 Å². The Kier molecular flexibility index (Phi) is 6.04. The SMILES string of the molecule is Cc1ccc(NC(=O)CCN2C(=S)N[C@@H](c3ccccn3)[C@@H]2c2cc(C)[nH]c2C)cc1. The van der Waals surface area contributed by atoms with Gasteiger partial charge in [-0.15, -0.1) is 0 Å². The molecule has 1 amide bonds. The summed E-state index contributed by atoms with van der Waals surface area (Å²) in [5.41, 5.74) is 6.26. The van der Waals surface area contributed by atoms with Crippen LogP contribution >= 0.6 is 12.2 Å². The molecule has 3 aromatic rings. The summed E-state index contributed by atoms with van der Waals surface area (Å²) >= 11 is 5.69. The highest BCUT2D eigenvalue weighted by atomic mass is 32.1. The standard InChI is InChI=1S/C24H27N5OS/c1-15-7-9-18(10-8-15)27-21(30)11-13-29-23(19-14-16(2)26-17(19)3)22(28-24(29)31)20-6-4-5-12-25-20/h4-10,12,14,22-23,26H,11,13H2,1-3H3,(H,27,30)(H,28,31)/t22-,23-/m0/s1. The van der Waals surface area contributed by atoms with Gasteiger partial charge in [0.15, 0.2) is 5.11 Å². The Hall–Kier alpha value is -3.19. The van der Waals surface area contributed by atoms with Gasteiger partial charge < -0.3 is 20.5 Å². The number of hydrogen-bond acceptors (Lipinski definition) is 3. The van der Waals surface area contributed by atoms with Crippen molar-refractivity contribution in [1.29, 1.82) is 0 Å². The summed E-state index contributed by atoms with van der Waals surface area (Å²) in [6.07, 6.45) is 2.13. The first-order chi connectivity index (χ1) is 14.9. The zero-order chi connectivity index (χ0) is 22.0. The van der Waals surface area contributed by atoms with Gasteiger partial charge in [0.2, 0.25) is 5.91 Å². The van der Waals surface area contributed by atoms with Gasteiger partial charge in [-0.3, -0.25) is 9.78 Å². The third-order valence-electron chi connectivity index (χ3n) is 5.62. The third kappa shape index (κ3) is 4.61. The minimum Gasteiger partial charge on any atom is -0.362 e. The molecule has 1 aromatic carbocycles. The Morgan fingerprint density at radius 2 is 1.94 bits per heavy atom. The smallest absolute Gasteiger partial charge is 0.226 e. The molecule has 0 bridgehead atoms. The second kappa shape index (κ2) is 8.89. The van der Waals surface area contributed by atoms with E-state index in [2.05, 4.69) is 38.5 Å². The molecule has 0 saturated carbocycles. The Labute approximate surface area is 188 Å². The molecule has 3 N–H and O–H groups in total. The van der Waals surface area contributed by atoms with Gasteiger partial charge in [-0.2, -0.15) is 0 Å². The first kappa shape index (κ1) is 21.1. The highest BCUT2D eigenvalue weighted by Crippen LogP contribution is 2.40. The largest absolute Gasteiger partial charge is 0.362 e. The minimum absolute atomic E-state index is 0.0336. The van der Waals surface area contributed by atoms with E-state index in [0.29, 0.717) is 18.1 Å². The van der Waals surface area contributed by atoms with Crippen LogP contribution in [0, 0.1) is 20.8 Å². The predicted octanol–water partition coefficient (Wildman–Crippen LogP) is 4.34. The molecule has 0 unspecified atom stereocenters. The van der Waals surface area contributed by atoms with Crippen LogP contribution < -0.4 is 10.6 Å². The topological polar surface area (TPSA) is 73.1 Å². The average Bonchev–Trinajstić information content (AvgIpc) is 3.26. The predicted molar refractivity (Wildman–Crippen MR) is 127 cm³/mol. The summed E-state index contributed by atoms with van der Waals surface area (Å²) < 4.78 is 0. The summed E-state index contributed by atoms with van der Waals surface area (Å²) in [5, 5.41) is 7.05. The van der Waals surface area contributed by atoms with Crippen LogP contribution in [0.5, 0.6) is 0 Å². The molecular weight excluding hydrogens is 406 g/mol. The fourth-order valence-corrected chi connectivity index (χ4v) is 4.45. The van der Waals surface area contributed by atoms with Gasteiger partial charge in [-0.05, 0) is 68.9 Å². The fourth-order valence-electron chi connectivity index (χ4n) is 4.12. The lowest BCUT2D eigenvalue weighted by atomic mass is 9.96. The van der Waals surface area contributed by atoms with E-state index in [1.807, 2.05) is 56.3 Å². The molecule has 1 saturated heterocycles. The number of amides is 1. The molecule has 1 aliphatic rings. The molecule has 4 rings (SSSR count). The van der Waals surface area contributed by atoms with Gasteiger partial charge in [0, 0.05) is 36.2 Å². The lowest BCUT2D eigenvalue weighted by molar-refractivity contribution is -0.116. The van der Waals surface area contributed by atoms with Crippen molar-refractivity contribution < 1.29 is 4.79 Å². The molecule has 2 aromatic heterocycles. The number of rotatable bonds is 6. The second-order valence-electron chi connectivity index (χ2n) is 8.02. The van der Waals surface area contributed by atoms with Crippen molar-refractivity contribution in [3.05, 3.63) is 82.9 Å². The van der Waals surface area contributed by atoms with Crippen LogP contribution in [0.3, 0.4) is 0 Å². The van der Waals surface area contributed by atoms with Gasteiger partial charge in [-0.1, -0.05) is 23.8 Å². The summed E-state index contributed by atoms with van der Waals surface area (Å²) in [4.78, 5) is 22.7. The number of benzene rings is 1. The van der Waals surface area contributed by atoms with Crippen molar-refractivity contribution in [3.63, 3.8) is 0 Å². The number of carbonyl (C=O) groups is 1. The maximum Gasteiger partial charge on any atom is 0.226 e. The van der Waals surface area contributed by atoms with E-state index in [1.165, 1.54) is 5.56 Å². The Balaban J connectivity index is 1.54. The van der Waals surface area contributed by atoms with Gasteiger partial charge in [0.25, 0.3) is 0 Å². The number of hydrogen-bond donors (Lipinski definition) is 3. The maximum atomic E-state index is 12.6. The summed E-state index contributed by atoms with van der Waals surface area (Å²) in [6, 6.07) is 15.7. The molecule has 2 atom stereocenters. The van der Waals surface area contributed by atoms with Gasteiger partial charge >= 0.3 is 0 Å². The van der Waals surface area contributed by atoms with Crippen LogP contribution in [-0.4, -0.2) is 32.4 Å². The minimum atomic E-state index is -0.0808. The molecule has 6 nitrogen and oxygen atoms in total. The second-order valence-corrected chi connectivity index (χ2v) is 8.40. The molecule has 1 fully saturated rings. The Bertz CT molecular complexity index is 1080. The van der Waals surface area contributed by atoms with Crippen LogP contribution in [0.1, 0.15) is 46.7 Å². The molecule has 0 spiro atoms. The quantitative estimate of drug-likeness (QED) is 0.505. The molecule has 7 heteroatoms. The van der Waals surface area contributed by atoms with Crippen molar-refractivity contribution in [1.82, 2.24) is 20.2 Å². The van der Waals surface area contributed by atoms with Crippen LogP contribution in [0.2, 0.25) is 0 Å². The first-order valence-electron chi connectivity index (χ1n) is 10.4. The van der Waals surface area contributed by atoms with Crippen LogP contribution in [0.15, 0.2) is 54.7 Å². The van der Waals surface area contributed by atoms with Gasteiger partial charge in [0.05, 0.1) is 17.8 Å². The molecule has 160 valence electrons. The van der Waals surface area contributed by atoms with E-state index in [0.717, 1.165) is 28.3 Å². The molecule has 3 heterocycles. The fraction of sp³-hybridized carbons (Fsp3) is 0.292. The highest BCUT2D eigenvalue weighted by molar-refractivity contribution is 7.80. The summed E-state index contributed by atoms with van der Waals surface area (Å²) in [6.45, 7) is 6.66. The number of aryl methyl sites for hydroxylation is 3. The van der Waals surface area contributed by atoms with E-state index in [9.17, 15) is 4.79 Å². The molecule has 0 radical (unpaired) electrons. The van der Waals surface area contributed by atoms with Crippen LogP contribution in [-0.2, 0) is 4.79 Å². The van der Waals surface area contributed by atoms with E-state index in [4.69, 9.17) is 12.2 Å². The van der Waals surface area contributed by atoms with Gasteiger partial charge in [0.1, 0.15) is 0 Å². The van der Waals surface area contributed by atoms with Crippen molar-refractivity contribution in [3.8, 4) is 0 Å². The molecule has 1 aliphatic heterocycles. The first-order valence-corrected chi connectivity index (χ1v) is 10.8. The molecule has 0 aliphatic carbocycles. The van der Waals surface area contributed by atoms with E-state index >= 15 is 0 Å². The Morgan fingerprint density at radius 3 is 2.58 bits per heavy atom. The van der Waals surface area contributed by atoms with Crippen molar-refractivity contribution in [2.24, 2.45) is 0 Å². The molecule has 31 heavy (non-hydrogen) atoms. The van der Waals surface area contributed by atoms with E-state index in [1.54, 1.807) is 6.20 Å². The van der Waals surface area contributed by atoms with Crippen molar-refractivity contribution in [2.45, 2.75) is 39.3 Å². The number of carbonyl (C=O) groups excluding carboxylic acids is 1. The normalized spacial score (nSPS) is 18.2. The Morgan fingerprint density at radius 1 is 1.16 bits per heavy atom. The average molecular weight is 434 g/mol. The molecular formula is C24H27N5OS. The lowest BCUT2D eigenvalue weighted by Gasteiger charge is -2.27. The third-order valence-corrected chi connectivity index (χ3v) is 5.97. The summed E-state index contributed by atoms with van der Waals surface area (Å²) in [7, 11) is 0. The van der Waals surface area contributed by atoms with Crippen molar-refractivity contribution >= 4 is 28.9 Å². The van der Waals surface area contributed by atoms with E-state index < -0.39 is 0 Å². The number of pyridine rings is 1. The monoisotopic (exact) mass is 433 g/mol. The van der Waals surface area contributed by atoms with Crippen LogP contribution in [0.25, 0.3) is 0 Å². The van der Waals surface area contributed by atoms with Crippen LogP contribution in [0.4, 0.5) is 5.69 Å². The highest BCUT2D eigenvalue weighted by Gasteiger charge is 2.40. The number of aromatic nitrogens is 2. The zero-order valence-corrected chi connectivity index (χ0v) is 18.8.